The molecular weight excluding hydrogens is 198 g/mol. The largest absolute Gasteiger partial charge is 0.395 e. The lowest BCUT2D eigenvalue weighted by Gasteiger charge is -2.25. The Balaban J connectivity index is 2.49. The molecule has 0 radical (unpaired) electrons. The van der Waals surface area contributed by atoms with Crippen molar-refractivity contribution >= 4 is 5.91 Å². The summed E-state index contributed by atoms with van der Waals surface area (Å²) in [5.41, 5.74) is 0. The van der Waals surface area contributed by atoms with Crippen LogP contribution >= 0.6 is 0 Å². The second-order valence-corrected chi connectivity index (χ2v) is 3.86. The third-order valence-corrected chi connectivity index (χ3v) is 2.37. The smallest absolute Gasteiger partial charge is 0.251 e. The Morgan fingerprint density at radius 1 is 1.67 bits per heavy atom. The molecule has 0 aliphatic carbocycles. The average Bonchev–Trinajstić information content (AvgIpc) is 2.68. The zero-order valence-electron chi connectivity index (χ0n) is 9.06. The van der Waals surface area contributed by atoms with Gasteiger partial charge in [0.05, 0.1) is 12.7 Å². The maximum atomic E-state index is 11.8. The quantitative estimate of drug-likeness (QED) is 0.643. The number of ether oxygens (including phenoxy) is 1. The van der Waals surface area contributed by atoms with Crippen LogP contribution in [0.15, 0.2) is 0 Å². The van der Waals surface area contributed by atoms with Gasteiger partial charge >= 0.3 is 0 Å². The second-order valence-electron chi connectivity index (χ2n) is 3.86. The van der Waals surface area contributed by atoms with Gasteiger partial charge in [0.1, 0.15) is 6.10 Å². The number of amides is 1. The monoisotopic (exact) mass is 217 g/mol. The summed E-state index contributed by atoms with van der Waals surface area (Å²) >= 11 is 0. The highest BCUT2D eigenvalue weighted by Gasteiger charge is 2.28. The van der Waals surface area contributed by atoms with Crippen molar-refractivity contribution in [2.24, 2.45) is 0 Å². The van der Waals surface area contributed by atoms with Gasteiger partial charge in [-0.25, -0.2) is 0 Å². The maximum Gasteiger partial charge on any atom is 0.251 e. The summed E-state index contributed by atoms with van der Waals surface area (Å²) in [6.45, 7) is 2.65. The molecule has 15 heavy (non-hydrogen) atoms. The van der Waals surface area contributed by atoms with E-state index in [0.717, 1.165) is 12.8 Å². The van der Waals surface area contributed by atoms with Crippen LogP contribution in [0.5, 0.6) is 0 Å². The Hall–Kier alpha value is -0.650. The third kappa shape index (κ3) is 3.77. The molecule has 0 aromatic heterocycles. The standard InChI is InChI=1S/C10H19NO4/c1-8(13)7-11(4-5-12)10(14)9-3-2-6-15-9/h8-9,12-13H,2-7H2,1H3. The first kappa shape index (κ1) is 12.4. The molecule has 0 aromatic rings. The molecule has 5 heteroatoms. The summed E-state index contributed by atoms with van der Waals surface area (Å²) in [5, 5.41) is 18.0. The average molecular weight is 217 g/mol. The molecule has 1 aliphatic heterocycles. The van der Waals surface area contributed by atoms with Gasteiger partial charge in [-0.1, -0.05) is 0 Å². The Kier molecular flexibility index (Phi) is 5.01. The van der Waals surface area contributed by atoms with Gasteiger partial charge in [-0.2, -0.15) is 0 Å². The van der Waals surface area contributed by atoms with Crippen LogP contribution in [0.25, 0.3) is 0 Å². The third-order valence-electron chi connectivity index (χ3n) is 2.37. The number of aliphatic hydroxyl groups excluding tert-OH is 2. The Morgan fingerprint density at radius 3 is 2.87 bits per heavy atom. The molecule has 1 rings (SSSR count). The van der Waals surface area contributed by atoms with Crippen LogP contribution in [0.3, 0.4) is 0 Å². The van der Waals surface area contributed by atoms with Crippen LogP contribution in [0.2, 0.25) is 0 Å². The number of rotatable bonds is 5. The van der Waals surface area contributed by atoms with E-state index in [0.29, 0.717) is 6.61 Å². The first-order valence-corrected chi connectivity index (χ1v) is 5.34. The zero-order chi connectivity index (χ0) is 11.3. The summed E-state index contributed by atoms with van der Waals surface area (Å²) in [6, 6.07) is 0. The van der Waals surface area contributed by atoms with E-state index in [2.05, 4.69) is 0 Å². The van der Waals surface area contributed by atoms with Crippen LogP contribution in [-0.2, 0) is 9.53 Å². The highest BCUT2D eigenvalue weighted by Crippen LogP contribution is 2.14. The highest BCUT2D eigenvalue weighted by molar-refractivity contribution is 5.81. The first-order valence-electron chi connectivity index (χ1n) is 5.34. The molecule has 1 aliphatic rings. The van der Waals surface area contributed by atoms with E-state index in [1.165, 1.54) is 4.90 Å². The van der Waals surface area contributed by atoms with E-state index in [9.17, 15) is 9.90 Å². The summed E-state index contributed by atoms with van der Waals surface area (Å²) in [4.78, 5) is 13.3. The van der Waals surface area contributed by atoms with Crippen LogP contribution in [0, 0.1) is 0 Å². The van der Waals surface area contributed by atoms with E-state index in [1.54, 1.807) is 6.92 Å². The summed E-state index contributed by atoms with van der Waals surface area (Å²) in [7, 11) is 0. The molecule has 0 spiro atoms. The van der Waals surface area contributed by atoms with Crippen molar-refractivity contribution in [1.82, 2.24) is 4.90 Å². The van der Waals surface area contributed by atoms with Gasteiger partial charge in [-0.15, -0.1) is 0 Å². The van der Waals surface area contributed by atoms with Crippen molar-refractivity contribution in [3.05, 3.63) is 0 Å². The highest BCUT2D eigenvalue weighted by atomic mass is 16.5. The molecular formula is C10H19NO4. The Bertz CT molecular complexity index is 202. The molecule has 5 nitrogen and oxygen atoms in total. The van der Waals surface area contributed by atoms with Crippen molar-refractivity contribution in [2.75, 3.05) is 26.3 Å². The predicted octanol–water partition coefficient (Wildman–Crippen LogP) is -0.633. The first-order chi connectivity index (χ1) is 7.15. The lowest BCUT2D eigenvalue weighted by Crippen LogP contribution is -2.43. The minimum Gasteiger partial charge on any atom is -0.395 e. The van der Waals surface area contributed by atoms with Gasteiger partial charge in [-0.05, 0) is 19.8 Å². The minimum absolute atomic E-state index is 0.0921. The van der Waals surface area contributed by atoms with Gasteiger partial charge in [0.25, 0.3) is 5.91 Å². The van der Waals surface area contributed by atoms with Crippen LogP contribution in [-0.4, -0.2) is 59.5 Å². The maximum absolute atomic E-state index is 11.8. The fraction of sp³-hybridized carbons (Fsp3) is 0.900. The van der Waals surface area contributed by atoms with E-state index < -0.39 is 6.10 Å². The summed E-state index contributed by atoms with van der Waals surface area (Å²) in [5.74, 6) is -0.123. The van der Waals surface area contributed by atoms with Gasteiger partial charge in [0, 0.05) is 19.7 Å². The topological polar surface area (TPSA) is 70.0 Å². The van der Waals surface area contributed by atoms with E-state index >= 15 is 0 Å². The molecule has 2 unspecified atom stereocenters. The molecule has 2 atom stereocenters. The second kappa shape index (κ2) is 6.05. The molecule has 88 valence electrons. The van der Waals surface area contributed by atoms with Crippen molar-refractivity contribution in [2.45, 2.75) is 32.0 Å². The molecule has 1 heterocycles. The van der Waals surface area contributed by atoms with Crippen LogP contribution < -0.4 is 0 Å². The fourth-order valence-corrected chi connectivity index (χ4v) is 1.71. The molecule has 2 N–H and O–H groups in total. The number of aliphatic hydroxyl groups is 2. The molecule has 1 saturated heterocycles. The molecule has 1 fully saturated rings. The molecule has 1 amide bonds. The van der Waals surface area contributed by atoms with Crippen molar-refractivity contribution < 1.29 is 19.7 Å². The van der Waals surface area contributed by atoms with Crippen molar-refractivity contribution in [1.29, 1.82) is 0 Å². The van der Waals surface area contributed by atoms with E-state index in [-0.39, 0.29) is 31.7 Å². The van der Waals surface area contributed by atoms with Gasteiger partial charge in [0.2, 0.25) is 0 Å². The molecule has 0 saturated carbocycles. The van der Waals surface area contributed by atoms with E-state index in [1.807, 2.05) is 0 Å². The van der Waals surface area contributed by atoms with E-state index in [4.69, 9.17) is 9.84 Å². The van der Waals surface area contributed by atoms with Crippen LogP contribution in [0.1, 0.15) is 19.8 Å². The summed E-state index contributed by atoms with van der Waals surface area (Å²) in [6.07, 6.45) is 0.677. The number of hydrogen-bond acceptors (Lipinski definition) is 4. The normalized spacial score (nSPS) is 22.7. The number of nitrogens with zero attached hydrogens (tertiary/aromatic N) is 1. The van der Waals surface area contributed by atoms with Crippen LogP contribution in [0.4, 0.5) is 0 Å². The van der Waals surface area contributed by atoms with Gasteiger partial charge < -0.3 is 19.8 Å². The van der Waals surface area contributed by atoms with Gasteiger partial charge in [-0.3, -0.25) is 4.79 Å². The zero-order valence-corrected chi connectivity index (χ0v) is 9.06. The molecule has 0 aromatic carbocycles. The van der Waals surface area contributed by atoms with Crippen molar-refractivity contribution in [3.8, 4) is 0 Å². The lowest BCUT2D eigenvalue weighted by molar-refractivity contribution is -0.142. The Morgan fingerprint density at radius 2 is 2.40 bits per heavy atom. The lowest BCUT2D eigenvalue weighted by atomic mass is 10.2. The predicted molar refractivity (Wildman–Crippen MR) is 54.3 cm³/mol. The Labute approximate surface area is 89.6 Å². The van der Waals surface area contributed by atoms with Gasteiger partial charge in [0.15, 0.2) is 0 Å². The minimum atomic E-state index is -0.582. The SMILES string of the molecule is CC(O)CN(CCO)C(=O)C1CCCO1. The molecule has 0 bridgehead atoms. The number of carbonyl (C=O) groups excluding carboxylic acids is 1. The summed E-state index contributed by atoms with van der Waals surface area (Å²) < 4.78 is 5.27. The number of carbonyl (C=O) groups is 1. The number of hydrogen-bond donors (Lipinski definition) is 2. The van der Waals surface area contributed by atoms with Crippen molar-refractivity contribution in [3.63, 3.8) is 0 Å². The fourth-order valence-electron chi connectivity index (χ4n) is 1.71.